The third-order valence-electron chi connectivity index (χ3n) is 2.95. The third-order valence-corrected chi connectivity index (χ3v) is 3.95. The van der Waals surface area contributed by atoms with Gasteiger partial charge in [0.2, 0.25) is 0 Å². The van der Waals surface area contributed by atoms with Gasteiger partial charge in [0, 0.05) is 39.3 Å². The zero-order valence-corrected chi connectivity index (χ0v) is 16.6. The Kier molecular flexibility index (Phi) is 7.00. The van der Waals surface area contributed by atoms with Crippen molar-refractivity contribution in [1.82, 2.24) is 4.90 Å². The van der Waals surface area contributed by atoms with E-state index in [2.05, 4.69) is 40.4 Å². The minimum atomic E-state index is 0. The maximum Gasteiger partial charge on any atom is 0.118 e. The zero-order chi connectivity index (χ0) is 14.0. The summed E-state index contributed by atoms with van der Waals surface area (Å²) in [4.78, 5) is 2.07. The number of benzene rings is 1. The Morgan fingerprint density at radius 3 is 2.70 bits per heavy atom. The van der Waals surface area contributed by atoms with E-state index in [1.54, 1.807) is 13.2 Å². The first-order valence-electron chi connectivity index (χ1n) is 5.88. The van der Waals surface area contributed by atoms with Crippen LogP contribution in [-0.4, -0.2) is 18.6 Å². The van der Waals surface area contributed by atoms with Gasteiger partial charge in [0.05, 0.1) is 7.11 Å². The second kappa shape index (κ2) is 7.79. The molecule has 0 unspecified atom stereocenters. The van der Waals surface area contributed by atoms with Gasteiger partial charge in [0.1, 0.15) is 5.75 Å². The van der Waals surface area contributed by atoms with Gasteiger partial charge in [-0.3, -0.25) is 0 Å². The minimum absolute atomic E-state index is 0. The smallest absolute Gasteiger partial charge is 0.118 e. The second-order valence-electron chi connectivity index (χ2n) is 4.02. The Bertz CT molecular complexity index is 583. The second-order valence-corrected chi connectivity index (χ2v) is 5.28. The normalized spacial score (nSPS) is 14.4. The molecule has 0 aromatic heterocycles. The number of likely N-dealkylation sites (N-methyl/N-ethyl adjacent to an activating group) is 1. The Labute approximate surface area is 158 Å². The van der Waals surface area contributed by atoms with E-state index < -0.39 is 0 Å². The maximum absolute atomic E-state index is 6.32. The molecule has 0 saturated heterocycles. The van der Waals surface area contributed by atoms with Crippen LogP contribution in [0, 0.1) is 6.08 Å². The zero-order valence-electron chi connectivity index (χ0n) is 11.4. The fourth-order valence-electron chi connectivity index (χ4n) is 1.94. The molecule has 1 aliphatic heterocycles. The third kappa shape index (κ3) is 3.57. The molecule has 0 N–H and O–H groups in total. The molecule has 0 spiro atoms. The molecule has 2 rings (SSSR count). The number of allylic oxidation sites excluding steroid dienone is 3. The number of rotatable bonds is 3. The van der Waals surface area contributed by atoms with Gasteiger partial charge < -0.3 is 9.64 Å². The molecule has 0 bridgehead atoms. The van der Waals surface area contributed by atoms with Crippen LogP contribution in [0.5, 0.6) is 5.75 Å². The number of methoxy groups -OCH3 is 1. The maximum atomic E-state index is 6.32. The molecule has 0 atom stereocenters. The molecule has 1 radical (unpaired) electrons. The van der Waals surface area contributed by atoms with Gasteiger partial charge in [-0.1, -0.05) is 33.9 Å². The van der Waals surface area contributed by atoms with Gasteiger partial charge >= 0.3 is 0 Å². The number of hydrogen-bond acceptors (Lipinski definition) is 2. The van der Waals surface area contributed by atoms with Gasteiger partial charge in [-0.05, 0) is 29.8 Å². The summed E-state index contributed by atoms with van der Waals surface area (Å²) in [5.74, 6) is 0.740. The van der Waals surface area contributed by atoms with E-state index in [0.717, 1.165) is 33.7 Å². The van der Waals surface area contributed by atoms with Crippen LogP contribution in [0.3, 0.4) is 0 Å². The summed E-state index contributed by atoms with van der Waals surface area (Å²) in [7, 11) is 1.62. The molecule has 1 heterocycles. The van der Waals surface area contributed by atoms with Crippen molar-refractivity contribution in [2.24, 2.45) is 0 Å². The molecule has 20 heavy (non-hydrogen) atoms. The molecule has 1 aromatic rings. The van der Waals surface area contributed by atoms with E-state index >= 15 is 0 Å². The van der Waals surface area contributed by atoms with E-state index in [1.807, 2.05) is 18.2 Å². The number of ether oxygens (including phenoxy) is 1. The number of hydrogen-bond donors (Lipinski definition) is 0. The Hall–Kier alpha value is -0.0861. The standard InChI is InChI=1S/C15H14BrClNO.Y/c1-4-18-10(2)13(16)7-8-15(18)12-6-5-11(19-3)9-14(12)17;/h5-7,9H,2,4H2,1,3H3;/q-1;. The average Bonchev–Trinajstić information content (AvgIpc) is 2.42. The number of nitrogens with zero attached hydrogens (tertiary/aromatic N) is 1. The van der Waals surface area contributed by atoms with E-state index in [9.17, 15) is 0 Å². The fraction of sp³-hybridized carbons (Fsp3) is 0.200. The fourth-order valence-corrected chi connectivity index (χ4v) is 2.53. The SMILES string of the molecule is C=C1C(Br)=C[C-]=C(c2ccc(OC)cc2Cl)N1CC.[Y]. The van der Waals surface area contributed by atoms with Crippen molar-refractivity contribution in [2.75, 3.05) is 13.7 Å². The first kappa shape index (κ1) is 18.0. The molecule has 5 heteroatoms. The summed E-state index contributed by atoms with van der Waals surface area (Å²) >= 11 is 9.79. The Morgan fingerprint density at radius 2 is 2.15 bits per heavy atom. The van der Waals surface area contributed by atoms with Crippen molar-refractivity contribution >= 4 is 33.2 Å². The molecule has 103 valence electrons. The summed E-state index contributed by atoms with van der Waals surface area (Å²) in [6.45, 7) is 6.93. The van der Waals surface area contributed by atoms with Gasteiger partial charge in [0.15, 0.2) is 0 Å². The minimum Gasteiger partial charge on any atom is -0.497 e. The summed E-state index contributed by atoms with van der Waals surface area (Å²) in [5, 5.41) is 0.638. The van der Waals surface area contributed by atoms with Crippen LogP contribution in [0.4, 0.5) is 0 Å². The predicted molar refractivity (Wildman–Crippen MR) is 83.2 cm³/mol. The van der Waals surface area contributed by atoms with Crippen molar-refractivity contribution in [3.63, 3.8) is 0 Å². The molecule has 1 aromatic carbocycles. The predicted octanol–water partition coefficient (Wildman–Crippen LogP) is 4.62. The molecular formula is C15H14BrClNOY-. The monoisotopic (exact) mass is 427 g/mol. The first-order chi connectivity index (χ1) is 9.08. The van der Waals surface area contributed by atoms with Crippen LogP contribution in [0.1, 0.15) is 12.5 Å². The average molecular weight is 429 g/mol. The molecular weight excluding hydrogens is 414 g/mol. The van der Waals surface area contributed by atoms with E-state index in [1.165, 1.54) is 0 Å². The molecule has 1 aliphatic rings. The molecule has 0 amide bonds. The summed E-state index contributed by atoms with van der Waals surface area (Å²) in [6, 6.07) is 5.63. The van der Waals surface area contributed by atoms with Crippen LogP contribution in [0.25, 0.3) is 5.70 Å². The van der Waals surface area contributed by atoms with E-state index in [0.29, 0.717) is 5.02 Å². The van der Waals surface area contributed by atoms with Gasteiger partial charge in [-0.15, -0.1) is 22.0 Å². The Balaban J connectivity index is 0.00000200. The van der Waals surface area contributed by atoms with Crippen LogP contribution >= 0.6 is 27.5 Å². The van der Waals surface area contributed by atoms with Crippen molar-refractivity contribution in [3.05, 3.63) is 57.7 Å². The van der Waals surface area contributed by atoms with Gasteiger partial charge in [-0.2, -0.15) is 12.2 Å². The largest absolute Gasteiger partial charge is 0.497 e. The van der Waals surface area contributed by atoms with Gasteiger partial charge in [0.25, 0.3) is 0 Å². The van der Waals surface area contributed by atoms with Crippen LogP contribution in [0.15, 0.2) is 41.0 Å². The Morgan fingerprint density at radius 1 is 1.45 bits per heavy atom. The van der Waals surface area contributed by atoms with E-state index in [4.69, 9.17) is 16.3 Å². The van der Waals surface area contributed by atoms with Crippen molar-refractivity contribution in [2.45, 2.75) is 6.92 Å². The molecule has 0 aliphatic carbocycles. The van der Waals surface area contributed by atoms with E-state index in [-0.39, 0.29) is 32.7 Å². The topological polar surface area (TPSA) is 12.5 Å². The van der Waals surface area contributed by atoms with Crippen molar-refractivity contribution in [3.8, 4) is 5.75 Å². The molecule has 0 saturated carbocycles. The van der Waals surface area contributed by atoms with Gasteiger partial charge in [-0.25, -0.2) is 0 Å². The molecule has 0 fully saturated rings. The summed E-state index contributed by atoms with van der Waals surface area (Å²) < 4.78 is 6.10. The van der Waals surface area contributed by atoms with Crippen molar-refractivity contribution < 1.29 is 37.4 Å². The van der Waals surface area contributed by atoms with Crippen molar-refractivity contribution in [1.29, 1.82) is 0 Å². The summed E-state index contributed by atoms with van der Waals surface area (Å²) in [6.07, 6.45) is 5.11. The van der Waals surface area contributed by atoms with Crippen LogP contribution in [-0.2, 0) is 32.7 Å². The quantitative estimate of drug-likeness (QED) is 0.652. The number of halogens is 2. The van der Waals surface area contributed by atoms with Crippen LogP contribution in [0.2, 0.25) is 5.02 Å². The summed E-state index contributed by atoms with van der Waals surface area (Å²) in [5.41, 5.74) is 2.74. The first-order valence-corrected chi connectivity index (χ1v) is 7.05. The van der Waals surface area contributed by atoms with Crippen LogP contribution < -0.4 is 4.74 Å². The molecule has 2 nitrogen and oxygen atoms in total.